The summed E-state index contributed by atoms with van der Waals surface area (Å²) in [6.07, 6.45) is -4.80. The average molecular weight is 513 g/mol. The molecule has 0 heterocycles. The van der Waals surface area contributed by atoms with Gasteiger partial charge in [-0.05, 0) is 53.1 Å². The van der Waals surface area contributed by atoms with Gasteiger partial charge in [0.1, 0.15) is 12.7 Å². The summed E-state index contributed by atoms with van der Waals surface area (Å²) in [7, 11) is 0. The number of alkyl halides is 3. The Morgan fingerprint density at radius 1 is 0.697 bits per heavy atom. The molecule has 0 spiro atoms. The number of benzene rings is 4. The van der Waals surface area contributed by atoms with Crippen molar-refractivity contribution < 1.29 is 22.6 Å². The van der Waals surface area contributed by atoms with E-state index in [2.05, 4.69) is 15.9 Å². The normalized spacial score (nSPS) is 12.2. The van der Waals surface area contributed by atoms with E-state index < -0.39 is 17.8 Å². The SMILES string of the molecule is FC(F)(F)c1cccc(COc2ccccc2OC(c2ccccc2)c2cccc(Br)c2)c1. The van der Waals surface area contributed by atoms with Crippen LogP contribution in [0.1, 0.15) is 28.4 Å². The molecule has 0 amide bonds. The van der Waals surface area contributed by atoms with Crippen LogP contribution in [0.15, 0.2) is 108 Å². The Hall–Kier alpha value is -3.25. The van der Waals surface area contributed by atoms with E-state index in [-0.39, 0.29) is 6.61 Å². The highest BCUT2D eigenvalue weighted by Crippen LogP contribution is 2.36. The molecule has 0 bridgehead atoms. The van der Waals surface area contributed by atoms with Crippen molar-refractivity contribution in [3.05, 3.63) is 130 Å². The predicted molar refractivity (Wildman–Crippen MR) is 125 cm³/mol. The molecule has 0 aliphatic heterocycles. The molecule has 0 saturated heterocycles. The lowest BCUT2D eigenvalue weighted by Gasteiger charge is -2.22. The zero-order valence-corrected chi connectivity index (χ0v) is 19.0. The molecule has 168 valence electrons. The summed E-state index contributed by atoms with van der Waals surface area (Å²) < 4.78 is 52.3. The minimum absolute atomic E-state index is 0.0167. The first-order valence-electron chi connectivity index (χ1n) is 10.3. The van der Waals surface area contributed by atoms with Crippen LogP contribution in [0.4, 0.5) is 13.2 Å². The highest BCUT2D eigenvalue weighted by Gasteiger charge is 2.30. The van der Waals surface area contributed by atoms with E-state index in [9.17, 15) is 13.2 Å². The standard InChI is InChI=1S/C27H20BrF3O2/c28-23-13-7-11-21(17-23)26(20-9-2-1-3-10-20)33-25-15-5-4-14-24(25)32-18-19-8-6-12-22(16-19)27(29,30)31/h1-17,26H,18H2. The molecule has 1 unspecified atom stereocenters. The molecule has 4 rings (SSSR count). The number of halogens is 4. The molecule has 33 heavy (non-hydrogen) atoms. The Morgan fingerprint density at radius 3 is 2.09 bits per heavy atom. The molecule has 0 radical (unpaired) electrons. The van der Waals surface area contributed by atoms with Gasteiger partial charge in [0.2, 0.25) is 0 Å². The van der Waals surface area contributed by atoms with E-state index in [1.807, 2.05) is 60.7 Å². The Labute approximate surface area is 198 Å². The summed E-state index contributed by atoms with van der Waals surface area (Å²) in [4.78, 5) is 0. The molecule has 0 saturated carbocycles. The molecule has 0 aromatic heterocycles. The van der Waals surface area contributed by atoms with Gasteiger partial charge in [0, 0.05) is 4.47 Å². The van der Waals surface area contributed by atoms with Crippen molar-refractivity contribution in [1.29, 1.82) is 0 Å². The van der Waals surface area contributed by atoms with Gasteiger partial charge in [0.05, 0.1) is 5.56 Å². The van der Waals surface area contributed by atoms with Gasteiger partial charge in [-0.25, -0.2) is 0 Å². The zero-order valence-electron chi connectivity index (χ0n) is 17.4. The third-order valence-corrected chi connectivity index (χ3v) is 5.49. The Balaban J connectivity index is 1.59. The van der Waals surface area contributed by atoms with Crippen molar-refractivity contribution in [2.45, 2.75) is 18.9 Å². The van der Waals surface area contributed by atoms with E-state index in [1.165, 1.54) is 6.07 Å². The van der Waals surface area contributed by atoms with Crippen molar-refractivity contribution in [2.24, 2.45) is 0 Å². The third-order valence-electron chi connectivity index (χ3n) is 5.00. The van der Waals surface area contributed by atoms with Gasteiger partial charge in [-0.1, -0.05) is 82.7 Å². The van der Waals surface area contributed by atoms with Gasteiger partial charge < -0.3 is 9.47 Å². The molecular formula is C27H20BrF3O2. The first kappa shape index (κ1) is 22.9. The van der Waals surface area contributed by atoms with E-state index >= 15 is 0 Å². The molecule has 0 N–H and O–H groups in total. The van der Waals surface area contributed by atoms with Gasteiger partial charge in [-0.15, -0.1) is 0 Å². The monoisotopic (exact) mass is 512 g/mol. The van der Waals surface area contributed by atoms with Gasteiger partial charge in [-0.3, -0.25) is 0 Å². The fraction of sp³-hybridized carbons (Fsp3) is 0.111. The molecule has 2 nitrogen and oxygen atoms in total. The third kappa shape index (κ3) is 5.96. The van der Waals surface area contributed by atoms with Crippen molar-refractivity contribution >= 4 is 15.9 Å². The van der Waals surface area contributed by atoms with Crippen LogP contribution >= 0.6 is 15.9 Å². The number of hydrogen-bond acceptors (Lipinski definition) is 2. The summed E-state index contributed by atoms with van der Waals surface area (Å²) >= 11 is 3.51. The fourth-order valence-corrected chi connectivity index (χ4v) is 3.84. The molecule has 4 aromatic rings. The first-order valence-corrected chi connectivity index (χ1v) is 11.0. The van der Waals surface area contributed by atoms with Crippen LogP contribution in [-0.2, 0) is 12.8 Å². The lowest BCUT2D eigenvalue weighted by molar-refractivity contribution is -0.137. The van der Waals surface area contributed by atoms with Crippen LogP contribution in [0, 0.1) is 0 Å². The number of ether oxygens (including phenoxy) is 2. The molecule has 0 aliphatic rings. The summed E-state index contributed by atoms with van der Waals surface area (Å²) in [5.74, 6) is 0.948. The second kappa shape index (κ2) is 10.1. The number of para-hydroxylation sites is 2. The molecule has 4 aromatic carbocycles. The summed E-state index contributed by atoms with van der Waals surface area (Å²) in [5, 5.41) is 0. The summed E-state index contributed by atoms with van der Waals surface area (Å²) in [6, 6.07) is 29.9. The number of rotatable bonds is 7. The van der Waals surface area contributed by atoms with E-state index in [1.54, 1.807) is 24.3 Å². The van der Waals surface area contributed by atoms with Crippen LogP contribution in [0.3, 0.4) is 0 Å². The van der Waals surface area contributed by atoms with Crippen LogP contribution in [0.25, 0.3) is 0 Å². The van der Waals surface area contributed by atoms with E-state index in [4.69, 9.17) is 9.47 Å². The van der Waals surface area contributed by atoms with Crippen LogP contribution in [-0.4, -0.2) is 0 Å². The Kier molecular flexibility index (Phi) is 7.04. The predicted octanol–water partition coefficient (Wildman–Crippen LogP) is 8.22. The zero-order chi connectivity index (χ0) is 23.3. The molecule has 1 atom stereocenters. The topological polar surface area (TPSA) is 18.5 Å². The Morgan fingerprint density at radius 2 is 1.36 bits per heavy atom. The second-order valence-corrected chi connectivity index (χ2v) is 8.31. The van der Waals surface area contributed by atoms with Crippen molar-refractivity contribution in [1.82, 2.24) is 0 Å². The average Bonchev–Trinajstić information content (AvgIpc) is 2.82. The Bertz CT molecular complexity index is 1210. The molecule has 0 fully saturated rings. The first-order chi connectivity index (χ1) is 15.9. The van der Waals surface area contributed by atoms with Crippen LogP contribution in [0.2, 0.25) is 0 Å². The molecule has 6 heteroatoms. The number of hydrogen-bond donors (Lipinski definition) is 0. The van der Waals surface area contributed by atoms with Gasteiger partial charge in [0.25, 0.3) is 0 Å². The highest BCUT2D eigenvalue weighted by atomic mass is 79.9. The maximum absolute atomic E-state index is 13.0. The van der Waals surface area contributed by atoms with Crippen molar-refractivity contribution in [3.63, 3.8) is 0 Å². The largest absolute Gasteiger partial charge is 0.485 e. The van der Waals surface area contributed by atoms with Gasteiger partial charge in [0.15, 0.2) is 11.5 Å². The van der Waals surface area contributed by atoms with Crippen molar-refractivity contribution in [2.75, 3.05) is 0 Å². The van der Waals surface area contributed by atoms with Crippen molar-refractivity contribution in [3.8, 4) is 11.5 Å². The lowest BCUT2D eigenvalue weighted by Crippen LogP contribution is -2.10. The minimum atomic E-state index is -4.40. The smallest absolute Gasteiger partial charge is 0.416 e. The molecule has 0 aliphatic carbocycles. The summed E-state index contributed by atoms with van der Waals surface area (Å²) in [5.41, 5.74) is 1.63. The van der Waals surface area contributed by atoms with E-state index in [0.717, 1.165) is 27.7 Å². The maximum atomic E-state index is 13.0. The maximum Gasteiger partial charge on any atom is 0.416 e. The lowest BCUT2D eigenvalue weighted by atomic mass is 10.0. The van der Waals surface area contributed by atoms with E-state index in [0.29, 0.717) is 17.1 Å². The fourth-order valence-electron chi connectivity index (χ4n) is 3.42. The van der Waals surface area contributed by atoms with Gasteiger partial charge >= 0.3 is 6.18 Å². The van der Waals surface area contributed by atoms with Crippen LogP contribution in [0.5, 0.6) is 11.5 Å². The minimum Gasteiger partial charge on any atom is -0.485 e. The van der Waals surface area contributed by atoms with Crippen LogP contribution < -0.4 is 9.47 Å². The molecular weight excluding hydrogens is 493 g/mol. The highest BCUT2D eigenvalue weighted by molar-refractivity contribution is 9.10. The quantitative estimate of drug-likeness (QED) is 0.248. The van der Waals surface area contributed by atoms with Gasteiger partial charge in [-0.2, -0.15) is 13.2 Å². The second-order valence-electron chi connectivity index (χ2n) is 7.40. The summed E-state index contributed by atoms with van der Waals surface area (Å²) in [6.45, 7) is -0.0167.